The molecule has 9 heteroatoms. The molecule has 2 atom stereocenters. The van der Waals surface area contributed by atoms with Crippen molar-refractivity contribution in [1.82, 2.24) is 4.31 Å². The number of alkyl halides is 3. The van der Waals surface area contributed by atoms with Gasteiger partial charge in [-0.25, -0.2) is 12.7 Å². The number of halogens is 4. The SMILES string of the molecule is CC(N)C1CCCN(S(=O)(=O)Cc2cccc(C(F)(F)F)c2)C1.Cl. The molecule has 1 saturated heterocycles. The van der Waals surface area contributed by atoms with Gasteiger partial charge in [-0.2, -0.15) is 13.2 Å². The van der Waals surface area contributed by atoms with Crippen molar-refractivity contribution >= 4 is 22.4 Å². The fourth-order valence-electron chi connectivity index (χ4n) is 2.80. The van der Waals surface area contributed by atoms with Crippen LogP contribution in [0.5, 0.6) is 0 Å². The van der Waals surface area contributed by atoms with Crippen LogP contribution in [0, 0.1) is 5.92 Å². The van der Waals surface area contributed by atoms with Crippen molar-refractivity contribution in [3.63, 3.8) is 0 Å². The van der Waals surface area contributed by atoms with Crippen LogP contribution in [0.3, 0.4) is 0 Å². The molecule has 0 aliphatic carbocycles. The highest BCUT2D eigenvalue weighted by molar-refractivity contribution is 7.88. The molecule has 1 aromatic carbocycles. The normalized spacial score (nSPS) is 21.1. The van der Waals surface area contributed by atoms with Crippen molar-refractivity contribution in [3.05, 3.63) is 35.4 Å². The quantitative estimate of drug-likeness (QED) is 0.865. The smallest absolute Gasteiger partial charge is 0.328 e. The maximum atomic E-state index is 12.7. The Morgan fingerprint density at radius 1 is 1.38 bits per heavy atom. The Hall–Kier alpha value is -0.830. The zero-order chi connectivity index (χ0) is 17.3. The van der Waals surface area contributed by atoms with Gasteiger partial charge >= 0.3 is 6.18 Å². The van der Waals surface area contributed by atoms with E-state index in [0.717, 1.165) is 18.6 Å². The van der Waals surface area contributed by atoms with Crippen molar-refractivity contribution in [1.29, 1.82) is 0 Å². The van der Waals surface area contributed by atoms with Crippen LogP contribution in [0.4, 0.5) is 13.2 Å². The minimum atomic E-state index is -4.48. The molecular formula is C15H22ClF3N2O2S. The lowest BCUT2D eigenvalue weighted by atomic mass is 9.93. The van der Waals surface area contributed by atoms with E-state index in [4.69, 9.17) is 5.73 Å². The average Bonchev–Trinajstić information content (AvgIpc) is 2.46. The van der Waals surface area contributed by atoms with Gasteiger partial charge in [0.05, 0.1) is 11.3 Å². The van der Waals surface area contributed by atoms with Crippen molar-refractivity contribution in [3.8, 4) is 0 Å². The van der Waals surface area contributed by atoms with Gasteiger partial charge in [0, 0.05) is 19.1 Å². The summed E-state index contributed by atoms with van der Waals surface area (Å²) in [6.07, 6.45) is -2.90. The van der Waals surface area contributed by atoms with Crippen LogP contribution >= 0.6 is 12.4 Å². The van der Waals surface area contributed by atoms with Gasteiger partial charge in [-0.15, -0.1) is 12.4 Å². The van der Waals surface area contributed by atoms with Crippen molar-refractivity contribution in [2.24, 2.45) is 11.7 Å². The van der Waals surface area contributed by atoms with Gasteiger partial charge in [-0.3, -0.25) is 0 Å². The lowest BCUT2D eigenvalue weighted by Crippen LogP contribution is -2.45. The van der Waals surface area contributed by atoms with Crippen molar-refractivity contribution in [2.75, 3.05) is 13.1 Å². The molecule has 0 saturated carbocycles. The zero-order valence-corrected chi connectivity index (χ0v) is 14.9. The third kappa shape index (κ3) is 5.34. The molecule has 1 fully saturated rings. The van der Waals surface area contributed by atoms with Gasteiger partial charge < -0.3 is 5.73 Å². The summed E-state index contributed by atoms with van der Waals surface area (Å²) in [5.41, 5.74) is 5.15. The first-order valence-electron chi connectivity index (χ1n) is 7.49. The molecule has 0 bridgehead atoms. The first-order valence-corrected chi connectivity index (χ1v) is 9.10. The molecule has 138 valence electrons. The van der Waals surface area contributed by atoms with Gasteiger partial charge in [-0.1, -0.05) is 18.2 Å². The van der Waals surface area contributed by atoms with Crippen molar-refractivity contribution in [2.45, 2.75) is 37.7 Å². The number of piperidine rings is 1. The summed E-state index contributed by atoms with van der Waals surface area (Å²) < 4.78 is 64.5. The number of nitrogens with two attached hydrogens (primary N) is 1. The Bertz CT molecular complexity index is 650. The molecule has 1 aromatic rings. The second kappa shape index (κ2) is 8.03. The highest BCUT2D eigenvalue weighted by Gasteiger charge is 2.33. The zero-order valence-electron chi connectivity index (χ0n) is 13.3. The standard InChI is InChI=1S/C15H21F3N2O2S.ClH/c1-11(19)13-5-3-7-20(9-13)23(21,22)10-12-4-2-6-14(8-12)15(16,17)18;/h2,4,6,8,11,13H,3,5,7,9-10,19H2,1H3;1H. The molecule has 2 N–H and O–H groups in total. The molecule has 2 unspecified atom stereocenters. The summed E-state index contributed by atoms with van der Waals surface area (Å²) in [6.45, 7) is 2.57. The number of nitrogens with zero attached hydrogens (tertiary/aromatic N) is 1. The van der Waals surface area contributed by atoms with Crippen LogP contribution in [-0.2, 0) is 22.0 Å². The number of hydrogen-bond acceptors (Lipinski definition) is 3. The Morgan fingerprint density at radius 2 is 2.04 bits per heavy atom. The molecule has 24 heavy (non-hydrogen) atoms. The number of benzene rings is 1. The third-order valence-corrected chi connectivity index (χ3v) is 5.98. The molecule has 1 heterocycles. The van der Waals surface area contributed by atoms with E-state index in [9.17, 15) is 21.6 Å². The van der Waals surface area contributed by atoms with Gasteiger partial charge in [0.25, 0.3) is 0 Å². The second-order valence-corrected chi connectivity index (χ2v) is 8.04. The van der Waals surface area contributed by atoms with E-state index in [0.29, 0.717) is 19.5 Å². The van der Waals surface area contributed by atoms with E-state index >= 15 is 0 Å². The van der Waals surface area contributed by atoms with E-state index in [1.54, 1.807) is 0 Å². The maximum absolute atomic E-state index is 12.7. The fraction of sp³-hybridized carbons (Fsp3) is 0.600. The van der Waals surface area contributed by atoms with Crippen molar-refractivity contribution < 1.29 is 21.6 Å². The lowest BCUT2D eigenvalue weighted by Gasteiger charge is -2.33. The molecule has 0 radical (unpaired) electrons. The Balaban J connectivity index is 0.00000288. The first kappa shape index (κ1) is 21.2. The van der Waals surface area contributed by atoms with E-state index in [2.05, 4.69) is 0 Å². The maximum Gasteiger partial charge on any atom is 0.416 e. The van der Waals surface area contributed by atoms with Crippen LogP contribution in [0.2, 0.25) is 0 Å². The van der Waals surface area contributed by atoms with E-state index in [1.165, 1.54) is 16.4 Å². The average molecular weight is 387 g/mol. The Morgan fingerprint density at radius 3 is 2.62 bits per heavy atom. The number of sulfonamides is 1. The van der Waals surface area contributed by atoms with Gasteiger partial charge in [0.1, 0.15) is 0 Å². The van der Waals surface area contributed by atoms with Crippen LogP contribution in [0.25, 0.3) is 0 Å². The summed E-state index contributed by atoms with van der Waals surface area (Å²) in [7, 11) is -3.65. The van der Waals surface area contributed by atoms with Crippen LogP contribution < -0.4 is 5.73 Å². The Labute approximate surface area is 146 Å². The lowest BCUT2D eigenvalue weighted by molar-refractivity contribution is -0.137. The molecule has 0 aromatic heterocycles. The molecule has 1 aliphatic rings. The Kier molecular flexibility index (Phi) is 7.10. The molecule has 2 rings (SSSR count). The van der Waals surface area contributed by atoms with Crippen LogP contribution in [0.15, 0.2) is 24.3 Å². The largest absolute Gasteiger partial charge is 0.416 e. The fourth-order valence-corrected chi connectivity index (χ4v) is 4.40. The topological polar surface area (TPSA) is 63.4 Å². The highest BCUT2D eigenvalue weighted by atomic mass is 35.5. The summed E-state index contributed by atoms with van der Waals surface area (Å²) in [5.74, 6) is -0.345. The number of hydrogen-bond donors (Lipinski definition) is 1. The molecule has 0 amide bonds. The second-order valence-electron chi connectivity index (χ2n) is 6.07. The van der Waals surface area contributed by atoms with Gasteiger partial charge in [0.2, 0.25) is 10.0 Å². The van der Waals surface area contributed by atoms with E-state index in [-0.39, 0.29) is 29.9 Å². The minimum absolute atomic E-state index is 0. The minimum Gasteiger partial charge on any atom is -0.328 e. The summed E-state index contributed by atoms with van der Waals surface area (Å²) in [5, 5.41) is 0. The van der Waals surface area contributed by atoms with E-state index in [1.807, 2.05) is 6.92 Å². The summed E-state index contributed by atoms with van der Waals surface area (Å²) >= 11 is 0. The molecule has 1 aliphatic heterocycles. The van der Waals surface area contributed by atoms with Crippen LogP contribution in [-0.4, -0.2) is 31.9 Å². The third-order valence-electron chi connectivity index (χ3n) is 4.16. The monoisotopic (exact) mass is 386 g/mol. The highest BCUT2D eigenvalue weighted by Crippen LogP contribution is 2.30. The van der Waals surface area contributed by atoms with Crippen LogP contribution in [0.1, 0.15) is 30.9 Å². The summed E-state index contributed by atoms with van der Waals surface area (Å²) in [4.78, 5) is 0. The van der Waals surface area contributed by atoms with Gasteiger partial charge in [0.15, 0.2) is 0 Å². The molecular weight excluding hydrogens is 365 g/mol. The molecule has 0 spiro atoms. The first-order chi connectivity index (χ1) is 10.6. The van der Waals surface area contributed by atoms with E-state index < -0.39 is 27.5 Å². The predicted octanol–water partition coefficient (Wildman–Crippen LogP) is 3.02. The number of rotatable bonds is 4. The predicted molar refractivity (Wildman–Crippen MR) is 89.3 cm³/mol. The molecule has 4 nitrogen and oxygen atoms in total. The van der Waals surface area contributed by atoms with Gasteiger partial charge in [-0.05, 0) is 37.3 Å². The summed E-state index contributed by atoms with van der Waals surface area (Å²) in [6, 6.07) is 4.35.